The number of carbonyl (C=O) groups excluding carboxylic acids is 1. The molecule has 0 aromatic carbocycles. The quantitative estimate of drug-likeness (QED) is 0.455. The molecule has 0 aliphatic carbocycles. The van der Waals surface area contributed by atoms with Crippen LogP contribution in [-0.2, 0) is 9.53 Å². The van der Waals surface area contributed by atoms with E-state index in [1.165, 1.54) is 0 Å². The summed E-state index contributed by atoms with van der Waals surface area (Å²) in [6.07, 6.45) is 0. The minimum atomic E-state index is -1.53. The van der Waals surface area contributed by atoms with E-state index in [9.17, 15) is 4.79 Å². The highest BCUT2D eigenvalue weighted by molar-refractivity contribution is 6.56. The first-order chi connectivity index (χ1) is 6.97. The SMILES string of the molecule is [B]C1([B])CN[C@H](C(=O)OC(C)(C)C)C1([B])[B]. The Morgan fingerprint density at radius 2 is 1.81 bits per heavy atom. The third kappa shape index (κ3) is 2.50. The second kappa shape index (κ2) is 3.86. The van der Waals surface area contributed by atoms with Crippen molar-refractivity contribution in [2.75, 3.05) is 6.54 Å². The van der Waals surface area contributed by atoms with Gasteiger partial charge in [-0.2, -0.15) is 0 Å². The van der Waals surface area contributed by atoms with Crippen LogP contribution < -0.4 is 5.32 Å². The van der Waals surface area contributed by atoms with Gasteiger partial charge in [-0.1, -0.05) is 10.4 Å². The summed E-state index contributed by atoms with van der Waals surface area (Å²) < 4.78 is 5.18. The van der Waals surface area contributed by atoms with Gasteiger partial charge in [0.15, 0.2) is 0 Å². The lowest BCUT2D eigenvalue weighted by Crippen LogP contribution is -2.45. The number of hydrogen-bond acceptors (Lipinski definition) is 3. The molecule has 1 rings (SSSR count). The third-order valence-corrected chi connectivity index (χ3v) is 2.53. The molecule has 1 aliphatic heterocycles. The first-order valence-corrected chi connectivity index (χ1v) is 5.09. The van der Waals surface area contributed by atoms with Crippen LogP contribution in [0.25, 0.3) is 0 Å². The van der Waals surface area contributed by atoms with Crippen molar-refractivity contribution in [1.82, 2.24) is 5.32 Å². The van der Waals surface area contributed by atoms with Crippen molar-refractivity contribution in [3.63, 3.8) is 0 Å². The molecule has 0 amide bonds. The predicted octanol–water partition coefficient (Wildman–Crippen LogP) is -0.794. The molecule has 1 fully saturated rings. The van der Waals surface area contributed by atoms with Gasteiger partial charge in [-0.15, -0.1) is 0 Å². The lowest BCUT2D eigenvalue weighted by Gasteiger charge is -2.39. The minimum absolute atomic E-state index is 0.157. The van der Waals surface area contributed by atoms with E-state index in [-0.39, 0.29) is 6.54 Å². The standard InChI is InChI=1S/C9H13B4NO2/c1-7(2,3)16-6(15)5-9(12,13)8(10,11)4-14-5/h5,14H,4H2,1-3H3/t5-/m1/s1. The molecule has 78 valence electrons. The van der Waals surface area contributed by atoms with Gasteiger partial charge in [0.05, 0.1) is 37.4 Å². The van der Waals surface area contributed by atoms with Crippen LogP contribution in [-0.4, -0.2) is 55.5 Å². The van der Waals surface area contributed by atoms with Gasteiger partial charge in [0.1, 0.15) is 5.60 Å². The van der Waals surface area contributed by atoms with Crippen molar-refractivity contribution in [3.05, 3.63) is 0 Å². The summed E-state index contributed by atoms with van der Waals surface area (Å²) in [7, 11) is 23.0. The van der Waals surface area contributed by atoms with Gasteiger partial charge >= 0.3 is 5.97 Å². The zero-order valence-corrected chi connectivity index (χ0v) is 9.91. The van der Waals surface area contributed by atoms with Gasteiger partial charge in [-0.05, 0) is 27.3 Å². The van der Waals surface area contributed by atoms with Crippen molar-refractivity contribution < 1.29 is 9.53 Å². The number of nitrogens with one attached hydrogen (secondary N) is 1. The molecule has 0 aromatic rings. The average Bonchev–Trinajstić information content (AvgIpc) is 2.18. The Hall–Kier alpha value is -0.310. The first kappa shape index (κ1) is 13.8. The second-order valence-electron chi connectivity index (χ2n) is 5.32. The van der Waals surface area contributed by atoms with Crippen LogP contribution in [0.4, 0.5) is 0 Å². The minimum Gasteiger partial charge on any atom is -0.459 e. The van der Waals surface area contributed by atoms with Crippen LogP contribution in [0.15, 0.2) is 0 Å². The molecule has 0 bridgehead atoms. The van der Waals surface area contributed by atoms with Crippen LogP contribution in [0, 0.1) is 0 Å². The smallest absolute Gasteiger partial charge is 0.322 e. The van der Waals surface area contributed by atoms with Crippen molar-refractivity contribution in [2.24, 2.45) is 0 Å². The summed E-state index contributed by atoms with van der Waals surface area (Å²) in [6, 6.07) is -0.901. The van der Waals surface area contributed by atoms with E-state index in [1.807, 2.05) is 0 Å². The number of hydrogen-bond donors (Lipinski definition) is 1. The van der Waals surface area contributed by atoms with Crippen molar-refractivity contribution >= 4 is 37.4 Å². The topological polar surface area (TPSA) is 38.3 Å². The Balaban J connectivity index is 2.81. The van der Waals surface area contributed by atoms with E-state index < -0.39 is 28.0 Å². The van der Waals surface area contributed by atoms with Crippen LogP contribution in [0.3, 0.4) is 0 Å². The molecule has 16 heavy (non-hydrogen) atoms. The molecular weight excluding hydrogens is 197 g/mol. The van der Waals surface area contributed by atoms with Crippen LogP contribution >= 0.6 is 0 Å². The Bertz CT molecular complexity index is 298. The lowest BCUT2D eigenvalue weighted by atomic mass is 9.29. The molecule has 0 saturated carbocycles. The molecular formula is C9H13B4NO2. The molecule has 0 aromatic heterocycles. The predicted molar refractivity (Wildman–Crippen MR) is 66.0 cm³/mol. The highest BCUT2D eigenvalue weighted by Gasteiger charge is 2.50. The fourth-order valence-electron chi connectivity index (χ4n) is 1.50. The Kier molecular flexibility index (Phi) is 3.32. The molecule has 1 heterocycles. The molecule has 0 unspecified atom stereocenters. The zero-order valence-electron chi connectivity index (χ0n) is 9.91. The van der Waals surface area contributed by atoms with Gasteiger partial charge < -0.3 is 10.1 Å². The van der Waals surface area contributed by atoms with Crippen molar-refractivity contribution in [3.8, 4) is 0 Å². The Morgan fingerprint density at radius 3 is 2.12 bits per heavy atom. The number of esters is 1. The van der Waals surface area contributed by atoms with Gasteiger partial charge in [-0.25, -0.2) is 0 Å². The van der Waals surface area contributed by atoms with Crippen LogP contribution in [0.5, 0.6) is 0 Å². The van der Waals surface area contributed by atoms with Crippen molar-refractivity contribution in [1.29, 1.82) is 0 Å². The average molecular weight is 210 g/mol. The second-order valence-corrected chi connectivity index (χ2v) is 5.32. The Morgan fingerprint density at radius 1 is 1.31 bits per heavy atom. The monoisotopic (exact) mass is 211 g/mol. The molecule has 8 radical (unpaired) electrons. The molecule has 1 atom stereocenters. The van der Waals surface area contributed by atoms with E-state index in [0.29, 0.717) is 0 Å². The normalized spacial score (nSPS) is 27.6. The highest BCUT2D eigenvalue weighted by Crippen LogP contribution is 2.48. The van der Waals surface area contributed by atoms with E-state index in [4.69, 9.17) is 36.1 Å². The summed E-state index contributed by atoms with van der Waals surface area (Å²) in [6.45, 7) is 5.43. The summed E-state index contributed by atoms with van der Waals surface area (Å²) in [5.74, 6) is -0.546. The third-order valence-electron chi connectivity index (χ3n) is 2.53. The molecule has 0 spiro atoms. The van der Waals surface area contributed by atoms with E-state index >= 15 is 0 Å². The van der Waals surface area contributed by atoms with Crippen LogP contribution in [0.2, 0.25) is 10.4 Å². The largest absolute Gasteiger partial charge is 0.459 e. The van der Waals surface area contributed by atoms with Gasteiger partial charge in [0.2, 0.25) is 0 Å². The molecule has 1 aliphatic rings. The van der Waals surface area contributed by atoms with E-state index in [0.717, 1.165) is 0 Å². The fraction of sp³-hybridized carbons (Fsp3) is 0.889. The highest BCUT2D eigenvalue weighted by atomic mass is 16.6. The number of rotatable bonds is 1. The summed E-state index contributed by atoms with van der Waals surface area (Å²) in [5.41, 5.74) is -0.608. The van der Waals surface area contributed by atoms with Gasteiger partial charge in [-0.3, -0.25) is 4.79 Å². The number of carbonyl (C=O) groups is 1. The van der Waals surface area contributed by atoms with E-state index in [2.05, 4.69) is 5.32 Å². The van der Waals surface area contributed by atoms with Crippen LogP contribution in [0.1, 0.15) is 20.8 Å². The van der Waals surface area contributed by atoms with Crippen molar-refractivity contribution in [2.45, 2.75) is 42.8 Å². The first-order valence-electron chi connectivity index (χ1n) is 5.09. The maximum Gasteiger partial charge on any atom is 0.322 e. The fourth-order valence-corrected chi connectivity index (χ4v) is 1.50. The summed E-state index contributed by atoms with van der Waals surface area (Å²) in [4.78, 5) is 11.8. The maximum absolute atomic E-state index is 11.8. The molecule has 1 N–H and O–H groups in total. The zero-order chi connectivity index (χ0) is 12.8. The summed E-state index contributed by atoms with van der Waals surface area (Å²) in [5, 5.41) is -0.0862. The number of ether oxygens (including phenoxy) is 1. The molecule has 1 saturated heterocycles. The van der Waals surface area contributed by atoms with Gasteiger partial charge in [0, 0.05) is 0 Å². The lowest BCUT2D eigenvalue weighted by molar-refractivity contribution is -0.157. The maximum atomic E-state index is 11.8. The molecule has 3 nitrogen and oxygen atoms in total. The summed E-state index contributed by atoms with van der Waals surface area (Å²) >= 11 is 0. The van der Waals surface area contributed by atoms with Gasteiger partial charge in [0.25, 0.3) is 0 Å². The Labute approximate surface area is 102 Å². The molecule has 7 heteroatoms. The van der Waals surface area contributed by atoms with E-state index in [1.54, 1.807) is 20.8 Å².